The molecule has 1 atom stereocenters. The van der Waals surface area contributed by atoms with E-state index in [0.717, 1.165) is 6.42 Å². The van der Waals surface area contributed by atoms with Gasteiger partial charge in [-0.3, -0.25) is 4.79 Å². The van der Waals surface area contributed by atoms with E-state index in [1.54, 1.807) is 25.7 Å². The summed E-state index contributed by atoms with van der Waals surface area (Å²) in [6.45, 7) is 6.23. The topological polar surface area (TPSA) is 89.9 Å². The lowest BCUT2D eigenvalue weighted by Crippen LogP contribution is -2.51. The number of carboxylic acid groups (broad SMARTS) is 1. The molecule has 0 radical (unpaired) electrons. The Morgan fingerprint density at radius 2 is 1.95 bits per heavy atom. The molecule has 1 saturated heterocycles. The van der Waals surface area contributed by atoms with E-state index in [0.29, 0.717) is 25.9 Å². The van der Waals surface area contributed by atoms with Crippen molar-refractivity contribution in [2.24, 2.45) is 0 Å². The van der Waals surface area contributed by atoms with E-state index >= 15 is 0 Å². The summed E-state index contributed by atoms with van der Waals surface area (Å²) in [5.41, 5.74) is -1.50. The van der Waals surface area contributed by atoms with Crippen LogP contribution >= 0.6 is 0 Å². The van der Waals surface area contributed by atoms with Crippen molar-refractivity contribution in [1.82, 2.24) is 10.2 Å². The van der Waals surface area contributed by atoms with Gasteiger partial charge in [-0.05, 0) is 40.0 Å². The zero-order valence-corrected chi connectivity index (χ0v) is 11.9. The molecule has 3 N–H and O–H groups in total. The SMILES string of the molecule is CC1(O)CCCN(C(=O)NC(C)(C)CC(=O)O)CC1. The van der Waals surface area contributed by atoms with Gasteiger partial charge in [-0.2, -0.15) is 0 Å². The minimum absolute atomic E-state index is 0.121. The van der Waals surface area contributed by atoms with Crippen molar-refractivity contribution in [3.8, 4) is 0 Å². The zero-order chi connectivity index (χ0) is 14.7. The van der Waals surface area contributed by atoms with Gasteiger partial charge in [0, 0.05) is 18.6 Å². The first-order valence-electron chi connectivity index (χ1n) is 6.63. The van der Waals surface area contributed by atoms with Crippen molar-refractivity contribution in [3.63, 3.8) is 0 Å². The highest BCUT2D eigenvalue weighted by molar-refractivity contribution is 5.76. The molecule has 6 heteroatoms. The molecule has 19 heavy (non-hydrogen) atoms. The third-order valence-corrected chi connectivity index (χ3v) is 3.39. The number of carbonyl (C=O) groups excluding carboxylic acids is 1. The smallest absolute Gasteiger partial charge is 0.317 e. The minimum atomic E-state index is -0.941. The summed E-state index contributed by atoms with van der Waals surface area (Å²) in [5.74, 6) is -0.941. The molecule has 1 aliphatic heterocycles. The molecule has 0 bridgehead atoms. The minimum Gasteiger partial charge on any atom is -0.481 e. The van der Waals surface area contributed by atoms with Crippen molar-refractivity contribution in [1.29, 1.82) is 0 Å². The molecular weight excluding hydrogens is 248 g/mol. The van der Waals surface area contributed by atoms with Gasteiger partial charge in [0.1, 0.15) is 0 Å². The normalized spacial score (nSPS) is 24.7. The Morgan fingerprint density at radius 1 is 1.32 bits per heavy atom. The Labute approximate surface area is 113 Å². The van der Waals surface area contributed by atoms with Gasteiger partial charge in [0.25, 0.3) is 0 Å². The van der Waals surface area contributed by atoms with Gasteiger partial charge in [-0.25, -0.2) is 4.79 Å². The van der Waals surface area contributed by atoms with Crippen molar-refractivity contribution in [3.05, 3.63) is 0 Å². The molecule has 1 heterocycles. The fourth-order valence-electron chi connectivity index (χ4n) is 2.26. The zero-order valence-electron chi connectivity index (χ0n) is 11.9. The number of aliphatic carboxylic acids is 1. The lowest BCUT2D eigenvalue weighted by Gasteiger charge is -2.29. The second-order valence-electron chi connectivity index (χ2n) is 6.22. The maximum absolute atomic E-state index is 12.1. The number of nitrogens with zero attached hydrogens (tertiary/aromatic N) is 1. The van der Waals surface area contributed by atoms with Crippen LogP contribution in [0.1, 0.15) is 46.5 Å². The summed E-state index contributed by atoms with van der Waals surface area (Å²) >= 11 is 0. The highest BCUT2D eigenvalue weighted by atomic mass is 16.4. The van der Waals surface area contributed by atoms with Gasteiger partial charge >= 0.3 is 12.0 Å². The van der Waals surface area contributed by atoms with Crippen molar-refractivity contribution >= 4 is 12.0 Å². The van der Waals surface area contributed by atoms with E-state index in [-0.39, 0.29) is 12.5 Å². The molecule has 1 aliphatic rings. The van der Waals surface area contributed by atoms with Crippen LogP contribution < -0.4 is 5.32 Å². The number of likely N-dealkylation sites (tertiary alicyclic amines) is 1. The van der Waals surface area contributed by atoms with Crippen LogP contribution in [-0.4, -0.2) is 51.3 Å². The van der Waals surface area contributed by atoms with E-state index in [9.17, 15) is 14.7 Å². The van der Waals surface area contributed by atoms with Crippen LogP contribution in [0.25, 0.3) is 0 Å². The lowest BCUT2D eigenvalue weighted by molar-refractivity contribution is -0.138. The number of carbonyl (C=O) groups is 2. The van der Waals surface area contributed by atoms with Crippen LogP contribution in [0.15, 0.2) is 0 Å². The molecule has 1 fully saturated rings. The maximum Gasteiger partial charge on any atom is 0.317 e. The predicted octanol–water partition coefficient (Wildman–Crippen LogP) is 1.19. The van der Waals surface area contributed by atoms with Crippen LogP contribution in [0.3, 0.4) is 0 Å². The van der Waals surface area contributed by atoms with E-state index in [4.69, 9.17) is 5.11 Å². The number of amides is 2. The number of carboxylic acids is 1. The molecule has 0 aromatic heterocycles. The van der Waals surface area contributed by atoms with E-state index in [2.05, 4.69) is 5.32 Å². The molecular formula is C13H24N2O4. The predicted molar refractivity (Wildman–Crippen MR) is 70.9 cm³/mol. The Kier molecular flexibility index (Phi) is 4.79. The molecule has 110 valence electrons. The molecule has 2 amide bonds. The van der Waals surface area contributed by atoms with Crippen LogP contribution in [0.4, 0.5) is 4.79 Å². The van der Waals surface area contributed by atoms with Crippen molar-refractivity contribution < 1.29 is 19.8 Å². The summed E-state index contributed by atoms with van der Waals surface area (Å²) in [4.78, 5) is 24.5. The average molecular weight is 272 g/mol. The van der Waals surface area contributed by atoms with Crippen molar-refractivity contribution in [2.75, 3.05) is 13.1 Å². The number of rotatable bonds is 3. The third kappa shape index (κ3) is 5.46. The third-order valence-electron chi connectivity index (χ3n) is 3.39. The summed E-state index contributed by atoms with van der Waals surface area (Å²) in [7, 11) is 0. The van der Waals surface area contributed by atoms with Gasteiger partial charge in [-0.1, -0.05) is 0 Å². The van der Waals surface area contributed by atoms with E-state index in [1.165, 1.54) is 0 Å². The maximum atomic E-state index is 12.1. The van der Waals surface area contributed by atoms with E-state index < -0.39 is 17.1 Å². The summed E-state index contributed by atoms with van der Waals surface area (Å²) in [5, 5.41) is 21.5. The fraction of sp³-hybridized carbons (Fsp3) is 0.846. The van der Waals surface area contributed by atoms with E-state index in [1.807, 2.05) is 0 Å². The quantitative estimate of drug-likeness (QED) is 0.719. The first-order chi connectivity index (χ1) is 8.61. The van der Waals surface area contributed by atoms with Crippen LogP contribution in [0, 0.1) is 0 Å². The Morgan fingerprint density at radius 3 is 2.53 bits per heavy atom. The molecule has 6 nitrogen and oxygen atoms in total. The Bertz CT molecular complexity index is 353. The fourth-order valence-corrected chi connectivity index (χ4v) is 2.26. The lowest BCUT2D eigenvalue weighted by atomic mass is 9.98. The first kappa shape index (κ1) is 15.8. The van der Waals surface area contributed by atoms with Gasteiger partial charge in [0.2, 0.25) is 0 Å². The molecule has 1 unspecified atom stereocenters. The molecule has 0 spiro atoms. The monoisotopic (exact) mass is 272 g/mol. The molecule has 0 aromatic rings. The van der Waals surface area contributed by atoms with Gasteiger partial charge in [-0.15, -0.1) is 0 Å². The number of hydrogen-bond donors (Lipinski definition) is 3. The second kappa shape index (κ2) is 5.77. The van der Waals surface area contributed by atoms with Gasteiger partial charge in [0.15, 0.2) is 0 Å². The highest BCUT2D eigenvalue weighted by Crippen LogP contribution is 2.21. The number of aliphatic hydroxyl groups is 1. The second-order valence-corrected chi connectivity index (χ2v) is 6.22. The van der Waals surface area contributed by atoms with Crippen molar-refractivity contribution in [2.45, 2.75) is 57.6 Å². The van der Waals surface area contributed by atoms with Crippen LogP contribution in [-0.2, 0) is 4.79 Å². The largest absolute Gasteiger partial charge is 0.481 e. The molecule has 0 aliphatic carbocycles. The molecule has 0 aromatic carbocycles. The number of hydrogen-bond acceptors (Lipinski definition) is 3. The molecule has 0 saturated carbocycles. The molecule has 1 rings (SSSR count). The summed E-state index contributed by atoms with van der Waals surface area (Å²) in [6, 6.07) is -0.260. The van der Waals surface area contributed by atoms with Crippen LogP contribution in [0.2, 0.25) is 0 Å². The van der Waals surface area contributed by atoms with Gasteiger partial charge < -0.3 is 20.4 Å². The average Bonchev–Trinajstić information content (AvgIpc) is 2.36. The first-order valence-corrected chi connectivity index (χ1v) is 6.63. The number of urea groups is 1. The highest BCUT2D eigenvalue weighted by Gasteiger charge is 2.30. The van der Waals surface area contributed by atoms with Gasteiger partial charge in [0.05, 0.1) is 12.0 Å². The van der Waals surface area contributed by atoms with Crippen LogP contribution in [0.5, 0.6) is 0 Å². The standard InChI is InChI=1S/C13H24N2O4/c1-12(2,9-10(16)17)14-11(18)15-7-4-5-13(3,19)6-8-15/h19H,4-9H2,1-3H3,(H,14,18)(H,16,17). The Balaban J connectivity index is 2.56. The summed E-state index contributed by atoms with van der Waals surface area (Å²) in [6.07, 6.45) is 1.85. The number of nitrogens with one attached hydrogen (secondary N) is 1. The Hall–Kier alpha value is -1.30. The summed E-state index contributed by atoms with van der Waals surface area (Å²) < 4.78 is 0.